The molecule has 1 aromatic carbocycles. The van der Waals surface area contributed by atoms with Crippen LogP contribution >= 0.6 is 0 Å². The second kappa shape index (κ2) is 4.52. The predicted molar refractivity (Wildman–Crippen MR) is 68.3 cm³/mol. The second-order valence-electron chi connectivity index (χ2n) is 4.29. The molecule has 1 atom stereocenters. The normalized spacial score (nSPS) is 21.1. The second-order valence-corrected chi connectivity index (χ2v) is 4.29. The molecule has 5 heteroatoms. The van der Waals surface area contributed by atoms with Crippen molar-refractivity contribution in [1.29, 1.82) is 0 Å². The van der Waals surface area contributed by atoms with E-state index in [-0.39, 0.29) is 12.1 Å². The molecule has 2 aliphatic heterocycles. The maximum absolute atomic E-state index is 12.1. The fraction of sp³-hybridized carbons (Fsp3) is 0.231. The van der Waals surface area contributed by atoms with Crippen molar-refractivity contribution in [2.24, 2.45) is 5.10 Å². The van der Waals surface area contributed by atoms with E-state index in [2.05, 4.69) is 22.7 Å². The number of nitrogens with zero attached hydrogens (tertiary/aromatic N) is 3. The zero-order chi connectivity index (χ0) is 12.4. The first kappa shape index (κ1) is 10.8. The maximum Gasteiger partial charge on any atom is 0.271 e. The number of rotatable bonds is 3. The van der Waals surface area contributed by atoms with Gasteiger partial charge in [0.1, 0.15) is 6.34 Å². The Hall–Kier alpha value is -2.30. The molecule has 1 N–H and O–H groups in total. The van der Waals surface area contributed by atoms with Gasteiger partial charge in [0, 0.05) is 18.9 Å². The van der Waals surface area contributed by atoms with E-state index in [0.29, 0.717) is 6.54 Å². The summed E-state index contributed by atoms with van der Waals surface area (Å²) in [5.41, 5.74) is 4.02. The van der Waals surface area contributed by atoms with Crippen molar-refractivity contribution in [1.82, 2.24) is 15.2 Å². The molecule has 2 heterocycles. The molecule has 0 fully saturated rings. The van der Waals surface area contributed by atoms with Crippen LogP contribution in [-0.2, 0) is 11.2 Å². The molecule has 0 saturated heterocycles. The van der Waals surface area contributed by atoms with Gasteiger partial charge in [-0.2, -0.15) is 5.10 Å². The summed E-state index contributed by atoms with van der Waals surface area (Å²) in [5.74, 6) is 0.0333. The van der Waals surface area contributed by atoms with E-state index in [4.69, 9.17) is 0 Å². The number of fused-ring (bicyclic) bond motifs is 1. The van der Waals surface area contributed by atoms with Gasteiger partial charge in [-0.15, -0.1) is 0 Å². The van der Waals surface area contributed by atoms with Crippen LogP contribution in [0.3, 0.4) is 0 Å². The van der Waals surface area contributed by atoms with Crippen LogP contribution in [0.25, 0.3) is 0 Å². The van der Waals surface area contributed by atoms with E-state index in [0.717, 1.165) is 6.42 Å². The van der Waals surface area contributed by atoms with Crippen molar-refractivity contribution in [2.75, 3.05) is 6.54 Å². The van der Waals surface area contributed by atoms with E-state index in [1.165, 1.54) is 5.56 Å². The fourth-order valence-electron chi connectivity index (χ4n) is 2.08. The van der Waals surface area contributed by atoms with Gasteiger partial charge in [-0.3, -0.25) is 10.2 Å². The minimum absolute atomic E-state index is 0.0333. The molecule has 18 heavy (non-hydrogen) atoms. The minimum Gasteiger partial charge on any atom is -0.314 e. The first-order valence-electron chi connectivity index (χ1n) is 5.93. The Balaban J connectivity index is 1.64. The number of carbonyl (C=O) groups is 1. The average molecular weight is 242 g/mol. The monoisotopic (exact) mass is 242 g/mol. The van der Waals surface area contributed by atoms with Crippen molar-refractivity contribution in [2.45, 2.75) is 12.6 Å². The molecule has 0 aliphatic carbocycles. The molecule has 1 unspecified atom stereocenters. The summed E-state index contributed by atoms with van der Waals surface area (Å²) in [6.07, 6.45) is 5.77. The van der Waals surface area contributed by atoms with Crippen LogP contribution in [0.5, 0.6) is 0 Å². The highest BCUT2D eigenvalue weighted by Gasteiger charge is 2.32. The molecule has 0 radical (unpaired) electrons. The van der Waals surface area contributed by atoms with Gasteiger partial charge >= 0.3 is 0 Å². The lowest BCUT2D eigenvalue weighted by Gasteiger charge is -2.30. The van der Waals surface area contributed by atoms with Gasteiger partial charge in [0.05, 0.1) is 0 Å². The quantitative estimate of drug-likeness (QED) is 0.849. The van der Waals surface area contributed by atoms with Gasteiger partial charge in [-0.25, -0.2) is 0 Å². The molecule has 0 saturated carbocycles. The van der Waals surface area contributed by atoms with Crippen LogP contribution in [0.2, 0.25) is 0 Å². The van der Waals surface area contributed by atoms with Gasteiger partial charge < -0.3 is 9.80 Å². The predicted octanol–water partition coefficient (Wildman–Crippen LogP) is 0.717. The van der Waals surface area contributed by atoms with Crippen LogP contribution in [0, 0.1) is 0 Å². The summed E-state index contributed by atoms with van der Waals surface area (Å²) in [7, 11) is 0. The van der Waals surface area contributed by atoms with Crippen molar-refractivity contribution in [3.05, 3.63) is 48.3 Å². The molecular weight excluding hydrogens is 228 g/mol. The number of nitrogens with one attached hydrogen (secondary N) is 1. The molecule has 0 spiro atoms. The lowest BCUT2D eigenvalue weighted by atomic mass is 10.1. The summed E-state index contributed by atoms with van der Waals surface area (Å²) in [6.45, 7) is 0.686. The lowest BCUT2D eigenvalue weighted by Crippen LogP contribution is -2.51. The van der Waals surface area contributed by atoms with Crippen LogP contribution < -0.4 is 5.43 Å². The van der Waals surface area contributed by atoms with Gasteiger partial charge in [0.25, 0.3) is 5.91 Å². The summed E-state index contributed by atoms with van der Waals surface area (Å²) in [5, 5.41) is 3.88. The van der Waals surface area contributed by atoms with Crippen molar-refractivity contribution >= 4 is 12.2 Å². The zero-order valence-corrected chi connectivity index (χ0v) is 9.86. The first-order chi connectivity index (χ1) is 8.84. The highest BCUT2D eigenvalue weighted by atomic mass is 16.2. The summed E-state index contributed by atoms with van der Waals surface area (Å²) < 4.78 is 0. The zero-order valence-electron chi connectivity index (χ0n) is 9.86. The number of hydrazone groups is 1. The molecule has 3 rings (SSSR count). The van der Waals surface area contributed by atoms with E-state index in [1.807, 2.05) is 24.4 Å². The topological polar surface area (TPSA) is 47.9 Å². The Kier molecular flexibility index (Phi) is 2.72. The smallest absolute Gasteiger partial charge is 0.271 e. The molecule has 5 nitrogen and oxygen atoms in total. The van der Waals surface area contributed by atoms with E-state index >= 15 is 0 Å². The first-order valence-corrected chi connectivity index (χ1v) is 5.93. The van der Waals surface area contributed by atoms with E-state index in [9.17, 15) is 4.79 Å². The molecule has 2 aliphatic rings. The average Bonchev–Trinajstić information content (AvgIpc) is 2.88. The molecule has 1 amide bonds. The van der Waals surface area contributed by atoms with Crippen LogP contribution in [0.1, 0.15) is 5.56 Å². The van der Waals surface area contributed by atoms with E-state index < -0.39 is 0 Å². The number of hydrogen-bond acceptors (Lipinski definition) is 4. The van der Waals surface area contributed by atoms with Crippen molar-refractivity contribution in [3.63, 3.8) is 0 Å². The lowest BCUT2D eigenvalue weighted by molar-refractivity contribution is -0.133. The van der Waals surface area contributed by atoms with Crippen LogP contribution in [-0.4, -0.2) is 34.8 Å². The number of carbonyl (C=O) groups excluding carboxylic acids is 1. The molecule has 0 aromatic heterocycles. The molecule has 92 valence electrons. The van der Waals surface area contributed by atoms with Gasteiger partial charge in [-0.05, 0) is 12.0 Å². The Morgan fingerprint density at radius 3 is 2.89 bits per heavy atom. The Bertz CT molecular complexity index is 497. The third-order valence-corrected chi connectivity index (χ3v) is 3.11. The Morgan fingerprint density at radius 1 is 1.22 bits per heavy atom. The molecular formula is C13H14N4O. The number of amides is 1. The van der Waals surface area contributed by atoms with Gasteiger partial charge in [-0.1, -0.05) is 30.3 Å². The molecule has 0 bridgehead atoms. The largest absolute Gasteiger partial charge is 0.314 e. The number of hydrogen-bond donors (Lipinski definition) is 1. The highest BCUT2D eigenvalue weighted by molar-refractivity contribution is 5.87. The summed E-state index contributed by atoms with van der Waals surface area (Å²) in [4.78, 5) is 15.6. The van der Waals surface area contributed by atoms with Crippen molar-refractivity contribution in [3.8, 4) is 0 Å². The highest BCUT2D eigenvalue weighted by Crippen LogP contribution is 2.13. The third kappa shape index (κ3) is 1.95. The van der Waals surface area contributed by atoms with Gasteiger partial charge in [0.15, 0.2) is 0 Å². The summed E-state index contributed by atoms with van der Waals surface area (Å²) in [6, 6.07) is 10.2. The SMILES string of the molecule is O=C1C2NN=CN2C=CN1CCc1ccccc1. The van der Waals surface area contributed by atoms with Crippen LogP contribution in [0.4, 0.5) is 0 Å². The maximum atomic E-state index is 12.1. The van der Waals surface area contributed by atoms with Crippen molar-refractivity contribution < 1.29 is 4.79 Å². The van der Waals surface area contributed by atoms with E-state index in [1.54, 1.807) is 22.3 Å². The third-order valence-electron chi connectivity index (χ3n) is 3.11. The molecule has 1 aromatic rings. The minimum atomic E-state index is -0.370. The standard InChI is InChI=1S/C13H14N4O/c18-13-12-15-14-10-17(12)9-8-16(13)7-6-11-4-2-1-3-5-11/h1-5,8-10,12,15H,6-7H2. The fourth-order valence-corrected chi connectivity index (χ4v) is 2.08. The van der Waals surface area contributed by atoms with Gasteiger partial charge in [0.2, 0.25) is 6.17 Å². The van der Waals surface area contributed by atoms with Crippen LogP contribution in [0.15, 0.2) is 47.8 Å². The number of benzene rings is 1. The summed E-state index contributed by atoms with van der Waals surface area (Å²) >= 11 is 0. The Morgan fingerprint density at radius 2 is 2.06 bits per heavy atom. The Labute approximate surface area is 105 Å².